The van der Waals surface area contributed by atoms with Crippen LogP contribution in [0.25, 0.3) is 0 Å². The summed E-state index contributed by atoms with van der Waals surface area (Å²) in [5.74, 6) is -0.0668. The number of carbonyl (C=O) groups is 2. The Morgan fingerprint density at radius 3 is 2.60 bits per heavy atom. The Hall–Kier alpha value is -2.79. The van der Waals surface area contributed by atoms with Crippen molar-refractivity contribution in [2.45, 2.75) is 25.7 Å². The van der Waals surface area contributed by atoms with Crippen molar-refractivity contribution < 1.29 is 14.0 Å². The van der Waals surface area contributed by atoms with Gasteiger partial charge in [0.2, 0.25) is 22.1 Å². The number of carbonyl (C=O) groups excluding carboxylic acids is 2. The van der Waals surface area contributed by atoms with Crippen LogP contribution in [0.5, 0.6) is 0 Å². The Morgan fingerprint density at radius 2 is 1.83 bits per heavy atom. The van der Waals surface area contributed by atoms with E-state index < -0.39 is 0 Å². The number of benzene rings is 1. The van der Waals surface area contributed by atoms with E-state index >= 15 is 0 Å². The molecule has 3 aliphatic heterocycles. The minimum Gasteiger partial charge on any atom is -0.367 e. The lowest BCUT2D eigenvalue weighted by molar-refractivity contribution is -0.125. The van der Waals surface area contributed by atoms with Gasteiger partial charge >= 0.3 is 0 Å². The summed E-state index contributed by atoms with van der Waals surface area (Å²) < 4.78 is 14.0. The third-order valence-electron chi connectivity index (χ3n) is 7.06. The van der Waals surface area contributed by atoms with Crippen molar-refractivity contribution in [1.29, 1.82) is 0 Å². The fourth-order valence-corrected chi connectivity index (χ4v) is 5.99. The largest absolute Gasteiger partial charge is 0.367 e. The highest BCUT2D eigenvalue weighted by atomic mass is 32.1. The van der Waals surface area contributed by atoms with Gasteiger partial charge in [0, 0.05) is 65.3 Å². The summed E-state index contributed by atoms with van der Waals surface area (Å²) in [6.07, 6.45) is 3.22. The molecule has 1 aromatic carbocycles. The van der Waals surface area contributed by atoms with Crippen LogP contribution < -0.4 is 20.0 Å². The van der Waals surface area contributed by atoms with Gasteiger partial charge in [-0.2, -0.15) is 0 Å². The average Bonchev–Trinajstić information content (AvgIpc) is 3.54. The van der Waals surface area contributed by atoms with Crippen molar-refractivity contribution in [2.75, 3.05) is 73.6 Å². The van der Waals surface area contributed by atoms with Gasteiger partial charge in [0.05, 0.1) is 11.6 Å². The highest BCUT2D eigenvalue weighted by Gasteiger charge is 2.30. The molecule has 0 bridgehead atoms. The lowest BCUT2D eigenvalue weighted by Gasteiger charge is -2.36. The molecular formula is C24H32FN7O2S. The lowest BCUT2D eigenvalue weighted by Crippen LogP contribution is -2.49. The number of hydrogen-bond acceptors (Lipinski definition) is 8. The molecule has 1 aromatic heterocycles. The Kier molecular flexibility index (Phi) is 7.43. The Labute approximate surface area is 208 Å². The Bertz CT molecular complexity index is 1040. The lowest BCUT2D eigenvalue weighted by atomic mass is 9.97. The highest BCUT2D eigenvalue weighted by molar-refractivity contribution is 7.19. The number of anilines is 3. The number of nitrogens with zero attached hydrogens (tertiary/aromatic N) is 6. The molecule has 3 saturated heterocycles. The van der Waals surface area contributed by atoms with Crippen LogP contribution in [0.1, 0.15) is 25.7 Å². The number of piperidine rings is 1. The van der Waals surface area contributed by atoms with Gasteiger partial charge in [-0.1, -0.05) is 23.5 Å². The molecule has 1 N–H and O–H groups in total. The number of piperazine rings is 1. The van der Waals surface area contributed by atoms with Crippen molar-refractivity contribution >= 4 is 39.1 Å². The molecule has 35 heavy (non-hydrogen) atoms. The molecule has 0 spiro atoms. The summed E-state index contributed by atoms with van der Waals surface area (Å²) in [5, 5.41) is 13.1. The SMILES string of the molecule is O=C(NCCN1CCN(c2ccccc2F)CC1)[C@@H]1CCCN(c2nnc(N3CCCC3=O)s2)C1. The molecule has 1 atom stereocenters. The minimum absolute atomic E-state index is 0.0811. The van der Waals surface area contributed by atoms with Gasteiger partial charge in [-0.25, -0.2) is 4.39 Å². The van der Waals surface area contributed by atoms with E-state index in [1.807, 2.05) is 12.1 Å². The number of halogens is 1. The fraction of sp³-hybridized carbons (Fsp3) is 0.583. The van der Waals surface area contributed by atoms with Crippen molar-refractivity contribution in [1.82, 2.24) is 20.4 Å². The molecule has 188 valence electrons. The molecule has 5 rings (SSSR count). The molecule has 0 aliphatic carbocycles. The maximum atomic E-state index is 14.0. The summed E-state index contributed by atoms with van der Waals surface area (Å²) in [6, 6.07) is 6.91. The van der Waals surface area contributed by atoms with Crippen LogP contribution in [0.2, 0.25) is 0 Å². The van der Waals surface area contributed by atoms with Gasteiger partial charge in [-0.15, -0.1) is 10.2 Å². The molecule has 0 radical (unpaired) electrons. The molecular weight excluding hydrogens is 469 g/mol. The monoisotopic (exact) mass is 501 g/mol. The molecule has 4 heterocycles. The van der Waals surface area contributed by atoms with Crippen LogP contribution in [-0.2, 0) is 9.59 Å². The zero-order valence-electron chi connectivity index (χ0n) is 19.9. The van der Waals surface area contributed by atoms with E-state index in [1.165, 1.54) is 17.4 Å². The quantitative estimate of drug-likeness (QED) is 0.621. The van der Waals surface area contributed by atoms with E-state index in [4.69, 9.17) is 0 Å². The molecule has 3 aliphatic rings. The number of rotatable bonds is 7. The van der Waals surface area contributed by atoms with Gasteiger partial charge in [0.15, 0.2) is 0 Å². The van der Waals surface area contributed by atoms with Gasteiger partial charge in [0.25, 0.3) is 0 Å². The maximum absolute atomic E-state index is 14.0. The first-order chi connectivity index (χ1) is 17.1. The molecule has 3 fully saturated rings. The van der Waals surface area contributed by atoms with Gasteiger partial charge < -0.3 is 15.1 Å². The topological polar surface area (TPSA) is 84.9 Å². The Morgan fingerprint density at radius 1 is 1.03 bits per heavy atom. The predicted molar refractivity (Wildman–Crippen MR) is 134 cm³/mol. The number of hydrogen-bond donors (Lipinski definition) is 1. The van der Waals surface area contributed by atoms with Crippen LogP contribution in [0.3, 0.4) is 0 Å². The van der Waals surface area contributed by atoms with Crippen molar-refractivity contribution in [3.05, 3.63) is 30.1 Å². The third kappa shape index (κ3) is 5.56. The van der Waals surface area contributed by atoms with E-state index in [2.05, 4.69) is 30.2 Å². The summed E-state index contributed by atoms with van der Waals surface area (Å²) in [6.45, 7) is 6.82. The number of para-hydroxylation sites is 1. The summed E-state index contributed by atoms with van der Waals surface area (Å²) in [7, 11) is 0. The molecule has 2 amide bonds. The molecule has 2 aromatic rings. The van der Waals surface area contributed by atoms with E-state index in [1.54, 1.807) is 11.0 Å². The minimum atomic E-state index is -0.177. The van der Waals surface area contributed by atoms with Crippen molar-refractivity contribution in [3.63, 3.8) is 0 Å². The third-order valence-corrected chi connectivity index (χ3v) is 8.07. The maximum Gasteiger partial charge on any atom is 0.228 e. The summed E-state index contributed by atoms with van der Waals surface area (Å²) in [4.78, 5) is 33.1. The highest BCUT2D eigenvalue weighted by Crippen LogP contribution is 2.32. The van der Waals surface area contributed by atoms with Crippen molar-refractivity contribution in [2.24, 2.45) is 5.92 Å². The molecule has 11 heteroatoms. The first-order valence-corrected chi connectivity index (χ1v) is 13.3. The summed E-state index contributed by atoms with van der Waals surface area (Å²) >= 11 is 1.43. The zero-order valence-corrected chi connectivity index (χ0v) is 20.7. The van der Waals surface area contributed by atoms with Crippen LogP contribution in [-0.4, -0.2) is 85.8 Å². The van der Waals surface area contributed by atoms with Crippen LogP contribution in [0.15, 0.2) is 24.3 Å². The number of aromatic nitrogens is 2. The average molecular weight is 502 g/mol. The van der Waals surface area contributed by atoms with Crippen LogP contribution in [0, 0.1) is 11.7 Å². The van der Waals surface area contributed by atoms with Crippen LogP contribution in [0.4, 0.5) is 20.3 Å². The van der Waals surface area contributed by atoms with Crippen molar-refractivity contribution in [3.8, 4) is 0 Å². The fourth-order valence-electron chi connectivity index (χ4n) is 5.06. The van der Waals surface area contributed by atoms with E-state index in [9.17, 15) is 14.0 Å². The smallest absolute Gasteiger partial charge is 0.228 e. The van der Waals surface area contributed by atoms with Gasteiger partial charge in [-0.3, -0.25) is 19.4 Å². The standard InChI is InChI=1S/C24H32FN7O2S/c25-19-6-1-2-7-20(19)30-15-13-29(14-16-30)12-9-26-22(34)18-5-3-10-31(17-18)23-27-28-24(35-23)32-11-4-8-21(32)33/h1-2,6-7,18H,3-5,8-17H2,(H,26,34)/t18-/m1/s1. The number of nitrogens with one attached hydrogen (secondary N) is 1. The zero-order chi connectivity index (χ0) is 24.2. The second-order valence-corrected chi connectivity index (χ2v) is 10.3. The molecule has 9 nitrogen and oxygen atoms in total. The first-order valence-electron chi connectivity index (χ1n) is 12.5. The molecule has 0 unspecified atom stereocenters. The second-order valence-electron chi connectivity index (χ2n) is 9.37. The summed E-state index contributed by atoms with van der Waals surface area (Å²) in [5.41, 5.74) is 0.664. The number of amides is 2. The van der Waals surface area contributed by atoms with Crippen LogP contribution >= 0.6 is 11.3 Å². The normalized spacial score (nSPS) is 21.6. The van der Waals surface area contributed by atoms with E-state index in [0.717, 1.165) is 63.7 Å². The molecule has 0 saturated carbocycles. The Balaban J connectivity index is 1.06. The van der Waals surface area contributed by atoms with Gasteiger partial charge in [0.1, 0.15) is 5.82 Å². The van der Waals surface area contributed by atoms with E-state index in [-0.39, 0.29) is 23.5 Å². The van der Waals surface area contributed by atoms with Gasteiger partial charge in [-0.05, 0) is 31.4 Å². The first kappa shape index (κ1) is 23.9. The predicted octanol–water partition coefficient (Wildman–Crippen LogP) is 1.96. The van der Waals surface area contributed by atoms with E-state index in [0.29, 0.717) is 36.9 Å². The second kappa shape index (κ2) is 10.9.